The molecule has 7 heteroatoms. The van der Waals surface area contributed by atoms with E-state index in [2.05, 4.69) is 26.9 Å². The number of aromatic nitrogens is 3. The van der Waals surface area contributed by atoms with E-state index in [-0.39, 0.29) is 0 Å². The quantitative estimate of drug-likeness (QED) is 0.926. The lowest BCUT2D eigenvalue weighted by Gasteiger charge is -2.35. The van der Waals surface area contributed by atoms with E-state index in [0.29, 0.717) is 25.7 Å². The second kappa shape index (κ2) is 7.35. The van der Waals surface area contributed by atoms with E-state index in [4.69, 9.17) is 5.11 Å². The summed E-state index contributed by atoms with van der Waals surface area (Å²) in [6, 6.07) is 4.19. The Morgan fingerprint density at radius 1 is 1.25 bits per heavy atom. The zero-order valence-electron chi connectivity index (χ0n) is 13.7. The Morgan fingerprint density at radius 3 is 2.54 bits per heavy atom. The van der Waals surface area contributed by atoms with Gasteiger partial charge in [-0.25, -0.2) is 4.79 Å². The van der Waals surface area contributed by atoms with E-state index < -0.39 is 6.09 Å². The minimum Gasteiger partial charge on any atom is -0.465 e. The number of carboxylic acid groups (broad SMARTS) is 1. The first-order chi connectivity index (χ1) is 11.6. The number of piperidine rings is 1. The standard InChI is InChI=1S/C17H21N5O2/c1-21(15-4-8-22(9-5-15)17(23)24)12-14-10-20-16(11-19-14)13-2-6-18-7-3-13/h2-3,6-7,10-11,15H,4-5,8-9,12H2,1H3,(H,23,24). The first kappa shape index (κ1) is 16.3. The largest absolute Gasteiger partial charge is 0.465 e. The molecule has 0 atom stereocenters. The van der Waals surface area contributed by atoms with Crippen molar-refractivity contribution in [1.29, 1.82) is 0 Å². The summed E-state index contributed by atoms with van der Waals surface area (Å²) < 4.78 is 0. The van der Waals surface area contributed by atoms with Crippen LogP contribution in [0.1, 0.15) is 18.5 Å². The molecular formula is C17H21N5O2. The molecule has 126 valence electrons. The van der Waals surface area contributed by atoms with Crippen LogP contribution >= 0.6 is 0 Å². The van der Waals surface area contributed by atoms with E-state index in [1.54, 1.807) is 24.8 Å². The number of nitrogens with zero attached hydrogens (tertiary/aromatic N) is 5. The molecule has 1 N–H and O–H groups in total. The maximum atomic E-state index is 11.0. The number of likely N-dealkylation sites (tertiary alicyclic amines) is 1. The molecule has 0 radical (unpaired) electrons. The fourth-order valence-electron chi connectivity index (χ4n) is 2.99. The van der Waals surface area contributed by atoms with Gasteiger partial charge in [0.25, 0.3) is 0 Å². The Morgan fingerprint density at radius 2 is 1.96 bits per heavy atom. The fourth-order valence-corrected chi connectivity index (χ4v) is 2.99. The van der Waals surface area contributed by atoms with Gasteiger partial charge in [-0.15, -0.1) is 0 Å². The van der Waals surface area contributed by atoms with E-state index in [0.717, 1.165) is 29.8 Å². The zero-order valence-corrected chi connectivity index (χ0v) is 13.7. The summed E-state index contributed by atoms with van der Waals surface area (Å²) in [4.78, 5) is 27.7. The molecule has 2 aromatic heterocycles. The van der Waals surface area contributed by atoms with Crippen LogP contribution in [0.5, 0.6) is 0 Å². The number of rotatable bonds is 4. The molecule has 24 heavy (non-hydrogen) atoms. The third-order valence-corrected chi connectivity index (χ3v) is 4.45. The average Bonchev–Trinajstić information content (AvgIpc) is 2.63. The van der Waals surface area contributed by atoms with Gasteiger partial charge in [-0.3, -0.25) is 19.9 Å². The topological polar surface area (TPSA) is 82.5 Å². The highest BCUT2D eigenvalue weighted by atomic mass is 16.4. The molecule has 1 amide bonds. The van der Waals surface area contributed by atoms with Gasteiger partial charge in [0.1, 0.15) is 0 Å². The normalized spacial score (nSPS) is 15.7. The van der Waals surface area contributed by atoms with Crippen LogP contribution in [-0.2, 0) is 6.54 Å². The molecule has 3 heterocycles. The number of hydrogen-bond acceptors (Lipinski definition) is 5. The lowest BCUT2D eigenvalue weighted by molar-refractivity contribution is 0.102. The highest BCUT2D eigenvalue weighted by Gasteiger charge is 2.25. The van der Waals surface area contributed by atoms with Crippen molar-refractivity contribution in [3.8, 4) is 11.3 Å². The fraction of sp³-hybridized carbons (Fsp3) is 0.412. The molecule has 1 aliphatic rings. The number of amides is 1. The Labute approximate surface area is 141 Å². The van der Waals surface area contributed by atoms with Gasteiger partial charge >= 0.3 is 6.09 Å². The monoisotopic (exact) mass is 327 g/mol. The molecular weight excluding hydrogens is 306 g/mol. The van der Waals surface area contributed by atoms with Gasteiger partial charge in [0.2, 0.25) is 0 Å². The van der Waals surface area contributed by atoms with E-state index in [1.807, 2.05) is 12.1 Å². The zero-order chi connectivity index (χ0) is 16.9. The van der Waals surface area contributed by atoms with Crippen molar-refractivity contribution in [3.05, 3.63) is 42.6 Å². The first-order valence-corrected chi connectivity index (χ1v) is 8.03. The van der Waals surface area contributed by atoms with Crippen LogP contribution in [0.25, 0.3) is 11.3 Å². The molecule has 0 aliphatic carbocycles. The Kier molecular flexibility index (Phi) is 5.00. The van der Waals surface area contributed by atoms with Gasteiger partial charge in [-0.05, 0) is 32.0 Å². The van der Waals surface area contributed by atoms with Gasteiger partial charge in [0, 0.05) is 43.6 Å². The molecule has 1 aliphatic heterocycles. The van der Waals surface area contributed by atoms with Crippen LogP contribution in [0.3, 0.4) is 0 Å². The highest BCUT2D eigenvalue weighted by molar-refractivity contribution is 5.65. The van der Waals surface area contributed by atoms with Crippen molar-refractivity contribution in [2.75, 3.05) is 20.1 Å². The van der Waals surface area contributed by atoms with Gasteiger partial charge < -0.3 is 10.0 Å². The number of hydrogen-bond donors (Lipinski definition) is 1. The smallest absolute Gasteiger partial charge is 0.407 e. The summed E-state index contributed by atoms with van der Waals surface area (Å²) in [5.74, 6) is 0. The van der Waals surface area contributed by atoms with Gasteiger partial charge in [-0.2, -0.15) is 0 Å². The molecule has 0 spiro atoms. The third kappa shape index (κ3) is 3.86. The second-order valence-electron chi connectivity index (χ2n) is 6.04. The predicted octanol–water partition coefficient (Wildman–Crippen LogP) is 2.11. The van der Waals surface area contributed by atoms with E-state index >= 15 is 0 Å². The Bertz CT molecular complexity index is 669. The maximum absolute atomic E-state index is 11.0. The molecule has 1 saturated heterocycles. The summed E-state index contributed by atoms with van der Waals surface area (Å²) in [6.45, 7) is 1.90. The van der Waals surface area contributed by atoms with Crippen molar-refractivity contribution in [3.63, 3.8) is 0 Å². The van der Waals surface area contributed by atoms with Crippen LogP contribution in [0.2, 0.25) is 0 Å². The maximum Gasteiger partial charge on any atom is 0.407 e. The minimum absolute atomic E-state index is 0.377. The second-order valence-corrected chi connectivity index (χ2v) is 6.04. The lowest BCUT2D eigenvalue weighted by Crippen LogP contribution is -2.44. The molecule has 3 rings (SSSR count). The Balaban J connectivity index is 1.57. The summed E-state index contributed by atoms with van der Waals surface area (Å²) in [7, 11) is 2.06. The van der Waals surface area contributed by atoms with Crippen molar-refractivity contribution in [2.45, 2.75) is 25.4 Å². The van der Waals surface area contributed by atoms with Crippen LogP contribution in [-0.4, -0.2) is 62.1 Å². The average molecular weight is 327 g/mol. The number of carbonyl (C=O) groups is 1. The number of pyridine rings is 1. The van der Waals surface area contributed by atoms with Crippen LogP contribution in [0, 0.1) is 0 Å². The Hall–Kier alpha value is -2.54. The molecule has 0 bridgehead atoms. The molecule has 2 aromatic rings. The SMILES string of the molecule is CN(Cc1cnc(-c2ccncc2)cn1)C1CCN(C(=O)O)CC1. The van der Waals surface area contributed by atoms with Gasteiger partial charge in [0.05, 0.1) is 23.8 Å². The summed E-state index contributed by atoms with van der Waals surface area (Å²) in [6.07, 6.45) is 7.94. The highest BCUT2D eigenvalue weighted by Crippen LogP contribution is 2.18. The molecule has 1 fully saturated rings. The molecule has 0 aromatic carbocycles. The molecule has 0 unspecified atom stereocenters. The van der Waals surface area contributed by atoms with Gasteiger partial charge in [-0.1, -0.05) is 0 Å². The molecule has 0 saturated carbocycles. The third-order valence-electron chi connectivity index (χ3n) is 4.45. The summed E-state index contributed by atoms with van der Waals surface area (Å²) >= 11 is 0. The van der Waals surface area contributed by atoms with Gasteiger partial charge in [0.15, 0.2) is 0 Å². The van der Waals surface area contributed by atoms with Crippen LogP contribution < -0.4 is 0 Å². The minimum atomic E-state index is -0.825. The first-order valence-electron chi connectivity index (χ1n) is 8.03. The van der Waals surface area contributed by atoms with Crippen LogP contribution in [0.15, 0.2) is 36.9 Å². The van der Waals surface area contributed by atoms with E-state index in [9.17, 15) is 4.79 Å². The summed E-state index contributed by atoms with van der Waals surface area (Å²) in [5, 5.41) is 9.01. The summed E-state index contributed by atoms with van der Waals surface area (Å²) in [5.41, 5.74) is 2.74. The van der Waals surface area contributed by atoms with Crippen molar-refractivity contribution in [2.24, 2.45) is 0 Å². The van der Waals surface area contributed by atoms with Crippen molar-refractivity contribution >= 4 is 6.09 Å². The predicted molar refractivity (Wildman–Crippen MR) is 89.3 cm³/mol. The van der Waals surface area contributed by atoms with Crippen LogP contribution in [0.4, 0.5) is 4.79 Å². The lowest BCUT2D eigenvalue weighted by atomic mass is 10.0. The van der Waals surface area contributed by atoms with E-state index in [1.165, 1.54) is 4.90 Å². The van der Waals surface area contributed by atoms with Crippen molar-refractivity contribution < 1.29 is 9.90 Å². The van der Waals surface area contributed by atoms with Crippen molar-refractivity contribution in [1.82, 2.24) is 24.8 Å². The molecule has 7 nitrogen and oxygen atoms in total.